The molecule has 0 saturated heterocycles. The molecule has 0 atom stereocenters. The highest BCUT2D eigenvalue weighted by Crippen LogP contribution is 2.36. The quantitative estimate of drug-likeness (QED) is 0.566. The van der Waals surface area contributed by atoms with Gasteiger partial charge in [0.25, 0.3) is 0 Å². The molecular weight excluding hydrogens is 323 g/mol. The smallest absolute Gasteiger partial charge is 0.336 e. The second-order valence-electron chi connectivity index (χ2n) is 6.37. The Morgan fingerprint density at radius 1 is 1.00 bits per heavy atom. The zero-order valence-electron chi connectivity index (χ0n) is 14.6. The molecular formula is C22H17BO3. The van der Waals surface area contributed by atoms with E-state index in [0.717, 1.165) is 38.5 Å². The third kappa shape index (κ3) is 2.60. The Hall–Kier alpha value is -3.27. The number of hydrogen-bond acceptors (Lipinski definition) is 2. The van der Waals surface area contributed by atoms with Crippen LogP contribution in [0, 0.1) is 0 Å². The molecule has 1 heterocycles. The lowest BCUT2D eigenvalue weighted by atomic mass is 9.87. The lowest BCUT2D eigenvalue weighted by molar-refractivity contribution is 0.0696. The van der Waals surface area contributed by atoms with Gasteiger partial charge in [-0.1, -0.05) is 47.9 Å². The standard InChI is InChI=1S/C22H17BO3/c1-2-13-7-9-17-19(11-13)26-20-12-14(23)8-10-18(20)21(17)15-5-3-4-6-16(15)22(24)25/h2-12H,23H2,1H3,(H,24,25). The van der Waals surface area contributed by atoms with Crippen LogP contribution in [0.15, 0.2) is 60.7 Å². The summed E-state index contributed by atoms with van der Waals surface area (Å²) in [6.45, 7) is 1.98. The predicted octanol–water partition coefficient (Wildman–Crippen LogP) is 1.80. The zero-order chi connectivity index (χ0) is 18.3. The number of ether oxygens (including phenoxy) is 1. The van der Waals surface area contributed by atoms with Gasteiger partial charge in [-0.3, -0.25) is 0 Å². The molecule has 4 heteroatoms. The first-order valence-corrected chi connectivity index (χ1v) is 8.51. The number of fused-ring (bicyclic) bond motifs is 2. The Morgan fingerprint density at radius 3 is 2.58 bits per heavy atom. The van der Waals surface area contributed by atoms with Crippen LogP contribution in [0.5, 0.6) is 11.5 Å². The third-order valence-electron chi connectivity index (χ3n) is 4.66. The molecule has 0 saturated carbocycles. The number of rotatable bonds is 2. The van der Waals surface area contributed by atoms with Gasteiger partial charge in [0, 0.05) is 16.4 Å². The SMILES string of the molecule is Bc1ccc2c(c1)Oc1cc(=CC)ccc1=C2c1ccccc1C(=O)O. The van der Waals surface area contributed by atoms with Crippen LogP contribution >= 0.6 is 0 Å². The summed E-state index contributed by atoms with van der Waals surface area (Å²) < 4.78 is 6.16. The molecule has 0 radical (unpaired) electrons. The van der Waals surface area contributed by atoms with Crippen molar-refractivity contribution in [1.82, 2.24) is 0 Å². The van der Waals surface area contributed by atoms with Crippen LogP contribution in [0.3, 0.4) is 0 Å². The summed E-state index contributed by atoms with van der Waals surface area (Å²) in [4.78, 5) is 11.8. The number of benzene rings is 3. The summed E-state index contributed by atoms with van der Waals surface area (Å²) in [6.07, 6.45) is 2.01. The Bertz CT molecular complexity index is 1160. The maximum absolute atomic E-state index is 11.8. The van der Waals surface area contributed by atoms with E-state index >= 15 is 0 Å². The molecule has 1 aliphatic heterocycles. The second kappa shape index (κ2) is 6.23. The van der Waals surface area contributed by atoms with Gasteiger partial charge in [0.2, 0.25) is 0 Å². The van der Waals surface area contributed by atoms with Gasteiger partial charge in [0.1, 0.15) is 19.3 Å². The molecule has 0 aromatic heterocycles. The average molecular weight is 340 g/mol. The molecule has 3 aromatic carbocycles. The van der Waals surface area contributed by atoms with Crippen molar-refractivity contribution < 1.29 is 14.6 Å². The van der Waals surface area contributed by atoms with Crippen LogP contribution in [0.1, 0.15) is 28.4 Å². The van der Waals surface area contributed by atoms with E-state index in [1.807, 2.05) is 69.4 Å². The number of carboxylic acid groups (broad SMARTS) is 1. The van der Waals surface area contributed by atoms with Gasteiger partial charge in [-0.2, -0.15) is 0 Å². The summed E-state index contributed by atoms with van der Waals surface area (Å²) in [5, 5.41) is 11.6. The first-order valence-electron chi connectivity index (χ1n) is 8.51. The van der Waals surface area contributed by atoms with E-state index in [1.54, 1.807) is 12.1 Å². The van der Waals surface area contributed by atoms with Gasteiger partial charge in [-0.15, -0.1) is 0 Å². The third-order valence-corrected chi connectivity index (χ3v) is 4.66. The van der Waals surface area contributed by atoms with Gasteiger partial charge >= 0.3 is 5.97 Å². The van der Waals surface area contributed by atoms with Crippen LogP contribution in [0.25, 0.3) is 11.6 Å². The minimum Gasteiger partial charge on any atom is -0.478 e. The topological polar surface area (TPSA) is 46.5 Å². The van der Waals surface area contributed by atoms with Crippen LogP contribution in [0.2, 0.25) is 0 Å². The Balaban J connectivity index is 2.16. The number of carboxylic acids is 1. The van der Waals surface area contributed by atoms with Gasteiger partial charge in [-0.05, 0) is 42.0 Å². The predicted molar refractivity (Wildman–Crippen MR) is 106 cm³/mol. The normalized spacial score (nSPS) is 13.0. The van der Waals surface area contributed by atoms with E-state index in [4.69, 9.17) is 4.74 Å². The van der Waals surface area contributed by atoms with Crippen molar-refractivity contribution in [3.8, 4) is 11.5 Å². The molecule has 126 valence electrons. The van der Waals surface area contributed by atoms with Crippen LogP contribution in [0.4, 0.5) is 0 Å². The van der Waals surface area contributed by atoms with Crippen molar-refractivity contribution >= 4 is 30.9 Å². The molecule has 0 amide bonds. The molecule has 1 N–H and O–H groups in total. The maximum Gasteiger partial charge on any atom is 0.336 e. The van der Waals surface area contributed by atoms with Gasteiger partial charge in [0.05, 0.1) is 5.56 Å². The minimum atomic E-state index is -0.937. The van der Waals surface area contributed by atoms with Gasteiger partial charge in [0.15, 0.2) is 0 Å². The largest absolute Gasteiger partial charge is 0.478 e. The fourth-order valence-electron chi connectivity index (χ4n) is 3.37. The first-order chi connectivity index (χ1) is 12.6. The second-order valence-corrected chi connectivity index (χ2v) is 6.37. The monoisotopic (exact) mass is 340 g/mol. The molecule has 4 rings (SSSR count). The summed E-state index contributed by atoms with van der Waals surface area (Å²) in [7, 11) is 2.01. The Kier molecular flexibility index (Phi) is 3.88. The van der Waals surface area contributed by atoms with E-state index in [1.165, 1.54) is 0 Å². The average Bonchev–Trinajstić information content (AvgIpc) is 2.65. The lowest BCUT2D eigenvalue weighted by Gasteiger charge is -2.22. The van der Waals surface area contributed by atoms with E-state index < -0.39 is 5.97 Å². The van der Waals surface area contributed by atoms with Crippen molar-refractivity contribution in [2.45, 2.75) is 6.92 Å². The molecule has 26 heavy (non-hydrogen) atoms. The molecule has 0 unspecified atom stereocenters. The molecule has 0 fully saturated rings. The van der Waals surface area contributed by atoms with Crippen LogP contribution < -0.4 is 20.6 Å². The maximum atomic E-state index is 11.8. The van der Waals surface area contributed by atoms with Crippen LogP contribution in [-0.4, -0.2) is 18.9 Å². The summed E-state index contributed by atoms with van der Waals surface area (Å²) in [5.74, 6) is 0.558. The summed E-state index contributed by atoms with van der Waals surface area (Å²) in [5.41, 5.74) is 3.87. The van der Waals surface area contributed by atoms with Crippen molar-refractivity contribution in [3.05, 3.63) is 87.8 Å². The molecule has 0 spiro atoms. The van der Waals surface area contributed by atoms with E-state index in [-0.39, 0.29) is 5.56 Å². The van der Waals surface area contributed by atoms with E-state index in [0.29, 0.717) is 5.56 Å². The highest BCUT2D eigenvalue weighted by atomic mass is 16.5. The molecule has 3 aromatic rings. The summed E-state index contributed by atoms with van der Waals surface area (Å²) in [6, 6.07) is 19.1. The number of hydrogen-bond donors (Lipinski definition) is 1. The molecule has 1 aliphatic rings. The lowest BCUT2D eigenvalue weighted by Crippen LogP contribution is -2.21. The fraction of sp³-hybridized carbons (Fsp3) is 0.0455. The van der Waals surface area contributed by atoms with E-state index in [2.05, 4.69) is 0 Å². The minimum absolute atomic E-state index is 0.285. The highest BCUT2D eigenvalue weighted by molar-refractivity contribution is 6.32. The van der Waals surface area contributed by atoms with Crippen molar-refractivity contribution in [2.75, 3.05) is 0 Å². The fourth-order valence-corrected chi connectivity index (χ4v) is 3.37. The number of aromatic carboxylic acids is 1. The van der Waals surface area contributed by atoms with Crippen molar-refractivity contribution in [2.24, 2.45) is 0 Å². The van der Waals surface area contributed by atoms with Gasteiger partial charge in [-0.25, -0.2) is 4.79 Å². The molecule has 3 nitrogen and oxygen atoms in total. The van der Waals surface area contributed by atoms with E-state index in [9.17, 15) is 9.90 Å². The molecule has 0 bridgehead atoms. The van der Waals surface area contributed by atoms with Crippen LogP contribution in [-0.2, 0) is 0 Å². The van der Waals surface area contributed by atoms with Gasteiger partial charge < -0.3 is 9.84 Å². The Labute approximate surface area is 152 Å². The zero-order valence-corrected chi connectivity index (χ0v) is 14.6. The number of carbonyl (C=O) groups is 1. The Morgan fingerprint density at radius 2 is 1.81 bits per heavy atom. The highest BCUT2D eigenvalue weighted by Gasteiger charge is 2.23. The first kappa shape index (κ1) is 16.2. The molecule has 0 aliphatic carbocycles. The summed E-state index contributed by atoms with van der Waals surface area (Å²) >= 11 is 0. The van der Waals surface area contributed by atoms with Crippen molar-refractivity contribution in [1.29, 1.82) is 0 Å². The van der Waals surface area contributed by atoms with Crippen molar-refractivity contribution in [3.63, 3.8) is 0 Å².